The minimum absolute atomic E-state index is 0.0440. The Morgan fingerprint density at radius 1 is 1.56 bits per heavy atom. The minimum Gasteiger partial charge on any atom is -0.415 e. The Bertz CT molecular complexity index is 210. The van der Waals surface area contributed by atoms with Crippen molar-refractivity contribution in [2.24, 2.45) is 0 Å². The van der Waals surface area contributed by atoms with Crippen LogP contribution in [0.15, 0.2) is 4.42 Å². The van der Waals surface area contributed by atoms with Gasteiger partial charge in [0.05, 0.1) is 6.61 Å². The molecular formula is C4H3Cl2NO2. The van der Waals surface area contributed by atoms with E-state index in [1.54, 1.807) is 0 Å². The standard InChI is InChI=1S/C4H3Cl2NO2/c5-3-2(1-8)7-4(6)9-3/h8H,1H2. The summed E-state index contributed by atoms with van der Waals surface area (Å²) in [6.07, 6.45) is 0. The number of hydrogen-bond acceptors (Lipinski definition) is 3. The molecule has 1 aromatic rings. The molecule has 1 aromatic heterocycles. The zero-order chi connectivity index (χ0) is 6.85. The van der Waals surface area contributed by atoms with Crippen molar-refractivity contribution >= 4 is 23.2 Å². The lowest BCUT2D eigenvalue weighted by molar-refractivity contribution is 0.276. The van der Waals surface area contributed by atoms with Crippen LogP contribution >= 0.6 is 23.2 Å². The average molecular weight is 168 g/mol. The first-order chi connectivity index (χ1) is 4.24. The Morgan fingerprint density at radius 2 is 2.22 bits per heavy atom. The molecule has 50 valence electrons. The van der Waals surface area contributed by atoms with Crippen LogP contribution in [-0.2, 0) is 6.61 Å². The van der Waals surface area contributed by atoms with Crippen LogP contribution in [0.25, 0.3) is 0 Å². The topological polar surface area (TPSA) is 46.3 Å². The first-order valence-corrected chi connectivity index (χ1v) is 2.91. The molecular weight excluding hydrogens is 165 g/mol. The monoisotopic (exact) mass is 167 g/mol. The Labute approximate surface area is 61.2 Å². The fourth-order valence-corrected chi connectivity index (χ4v) is 0.797. The number of aromatic nitrogens is 1. The van der Waals surface area contributed by atoms with E-state index in [4.69, 9.17) is 28.3 Å². The van der Waals surface area contributed by atoms with Crippen LogP contribution in [0.3, 0.4) is 0 Å². The van der Waals surface area contributed by atoms with Gasteiger partial charge in [-0.05, 0) is 23.2 Å². The molecule has 0 bridgehead atoms. The van der Waals surface area contributed by atoms with E-state index < -0.39 is 0 Å². The van der Waals surface area contributed by atoms with E-state index in [1.807, 2.05) is 0 Å². The van der Waals surface area contributed by atoms with E-state index in [1.165, 1.54) is 0 Å². The summed E-state index contributed by atoms with van der Waals surface area (Å²) in [5, 5.41) is 8.46. The Hall–Kier alpha value is -0.250. The number of nitrogens with zero attached hydrogens (tertiary/aromatic N) is 1. The second kappa shape index (κ2) is 2.56. The fraction of sp³-hybridized carbons (Fsp3) is 0.250. The number of aliphatic hydroxyl groups is 1. The van der Waals surface area contributed by atoms with Crippen LogP contribution in [0.1, 0.15) is 5.69 Å². The van der Waals surface area contributed by atoms with Gasteiger partial charge in [0.1, 0.15) is 5.69 Å². The smallest absolute Gasteiger partial charge is 0.293 e. The van der Waals surface area contributed by atoms with Crippen molar-refractivity contribution in [2.45, 2.75) is 6.61 Å². The van der Waals surface area contributed by atoms with Gasteiger partial charge >= 0.3 is 0 Å². The normalized spacial score (nSPS) is 10.1. The van der Waals surface area contributed by atoms with Crippen molar-refractivity contribution in [3.05, 3.63) is 16.3 Å². The van der Waals surface area contributed by atoms with Crippen LogP contribution in [0.4, 0.5) is 0 Å². The van der Waals surface area contributed by atoms with Crippen molar-refractivity contribution in [1.29, 1.82) is 0 Å². The van der Waals surface area contributed by atoms with E-state index in [2.05, 4.69) is 9.40 Å². The van der Waals surface area contributed by atoms with E-state index in [0.29, 0.717) is 0 Å². The van der Waals surface area contributed by atoms with Crippen LogP contribution in [-0.4, -0.2) is 10.1 Å². The molecule has 0 aromatic carbocycles. The fourth-order valence-electron chi connectivity index (χ4n) is 0.403. The van der Waals surface area contributed by atoms with E-state index in [9.17, 15) is 0 Å². The second-order valence-electron chi connectivity index (χ2n) is 1.35. The van der Waals surface area contributed by atoms with Gasteiger partial charge in [-0.15, -0.1) is 0 Å². The summed E-state index contributed by atoms with van der Waals surface area (Å²) < 4.78 is 4.57. The summed E-state index contributed by atoms with van der Waals surface area (Å²) in [6, 6.07) is 0. The molecule has 1 heterocycles. The molecule has 0 saturated carbocycles. The molecule has 0 spiro atoms. The minimum atomic E-state index is -0.255. The second-order valence-corrected chi connectivity index (χ2v) is 2.01. The van der Waals surface area contributed by atoms with Gasteiger partial charge in [-0.2, -0.15) is 4.98 Å². The molecule has 1 N–H and O–H groups in total. The number of rotatable bonds is 1. The summed E-state index contributed by atoms with van der Waals surface area (Å²) in [4.78, 5) is 3.55. The van der Waals surface area contributed by atoms with E-state index in [-0.39, 0.29) is 22.9 Å². The van der Waals surface area contributed by atoms with Crippen molar-refractivity contribution < 1.29 is 9.52 Å². The highest BCUT2D eigenvalue weighted by molar-refractivity contribution is 6.31. The van der Waals surface area contributed by atoms with Crippen molar-refractivity contribution in [2.75, 3.05) is 0 Å². The zero-order valence-corrected chi connectivity index (χ0v) is 5.78. The van der Waals surface area contributed by atoms with Crippen LogP contribution in [0, 0.1) is 0 Å². The molecule has 0 saturated heterocycles. The number of hydrogen-bond donors (Lipinski definition) is 1. The molecule has 0 atom stereocenters. The molecule has 3 nitrogen and oxygen atoms in total. The van der Waals surface area contributed by atoms with Gasteiger partial charge in [-0.3, -0.25) is 0 Å². The quantitative estimate of drug-likeness (QED) is 0.690. The molecule has 0 amide bonds. The van der Waals surface area contributed by atoms with Gasteiger partial charge in [-0.1, -0.05) is 0 Å². The van der Waals surface area contributed by atoms with Crippen LogP contribution in [0.2, 0.25) is 10.6 Å². The maximum Gasteiger partial charge on any atom is 0.293 e. The maximum absolute atomic E-state index is 8.47. The molecule has 0 aliphatic heterocycles. The van der Waals surface area contributed by atoms with Gasteiger partial charge in [0, 0.05) is 0 Å². The molecule has 0 unspecified atom stereocenters. The van der Waals surface area contributed by atoms with Gasteiger partial charge in [-0.25, -0.2) is 0 Å². The van der Waals surface area contributed by atoms with Gasteiger partial charge in [0.25, 0.3) is 5.35 Å². The lowest BCUT2D eigenvalue weighted by Crippen LogP contribution is -1.81. The molecule has 0 aliphatic rings. The lowest BCUT2D eigenvalue weighted by Gasteiger charge is -1.81. The third-order valence-corrected chi connectivity index (χ3v) is 1.23. The van der Waals surface area contributed by atoms with E-state index in [0.717, 1.165) is 0 Å². The molecule has 0 fully saturated rings. The third kappa shape index (κ3) is 1.36. The van der Waals surface area contributed by atoms with Gasteiger partial charge in [0.2, 0.25) is 5.22 Å². The maximum atomic E-state index is 8.47. The Morgan fingerprint density at radius 3 is 2.44 bits per heavy atom. The third-order valence-electron chi connectivity index (χ3n) is 0.773. The number of halogens is 2. The summed E-state index contributed by atoms with van der Waals surface area (Å²) in [5.74, 6) is 0. The summed E-state index contributed by atoms with van der Waals surface area (Å²) >= 11 is 10.6. The first-order valence-electron chi connectivity index (χ1n) is 2.15. The highest BCUT2D eigenvalue weighted by Crippen LogP contribution is 2.19. The van der Waals surface area contributed by atoms with Crippen molar-refractivity contribution in [1.82, 2.24) is 4.98 Å². The highest BCUT2D eigenvalue weighted by Gasteiger charge is 2.06. The molecule has 5 heteroatoms. The largest absolute Gasteiger partial charge is 0.415 e. The molecule has 1 rings (SSSR count). The highest BCUT2D eigenvalue weighted by atomic mass is 35.5. The van der Waals surface area contributed by atoms with Crippen molar-refractivity contribution in [3.8, 4) is 0 Å². The molecule has 0 aliphatic carbocycles. The summed E-state index contributed by atoms with van der Waals surface area (Å²) in [6.45, 7) is -0.255. The molecule has 9 heavy (non-hydrogen) atoms. The molecule has 0 radical (unpaired) electrons. The number of aliphatic hydroxyl groups excluding tert-OH is 1. The van der Waals surface area contributed by atoms with Crippen molar-refractivity contribution in [3.63, 3.8) is 0 Å². The summed E-state index contributed by atoms with van der Waals surface area (Å²) in [7, 11) is 0. The predicted octanol–water partition coefficient (Wildman–Crippen LogP) is 1.47. The Balaban J connectivity index is 3.01. The van der Waals surface area contributed by atoms with Gasteiger partial charge in [0.15, 0.2) is 0 Å². The number of oxazole rings is 1. The van der Waals surface area contributed by atoms with E-state index >= 15 is 0 Å². The zero-order valence-electron chi connectivity index (χ0n) is 4.27. The first kappa shape index (κ1) is 6.86. The predicted molar refractivity (Wildman–Crippen MR) is 32.4 cm³/mol. The van der Waals surface area contributed by atoms with Gasteiger partial charge < -0.3 is 9.52 Å². The lowest BCUT2D eigenvalue weighted by atomic mass is 10.5. The Kier molecular flexibility index (Phi) is 1.95. The van der Waals surface area contributed by atoms with Crippen LogP contribution < -0.4 is 0 Å². The average Bonchev–Trinajstić information content (AvgIpc) is 2.10. The SMILES string of the molecule is OCc1nc(Cl)oc1Cl. The van der Waals surface area contributed by atoms with Crippen LogP contribution in [0.5, 0.6) is 0 Å². The summed E-state index contributed by atoms with van der Waals surface area (Å²) in [5.41, 5.74) is 0.265.